The highest BCUT2D eigenvalue weighted by atomic mass is 19.3. The number of nitrogens with zero attached hydrogens (tertiary/aromatic N) is 2. The fraction of sp³-hybridized carbons (Fsp3) is 0.500. The van der Waals surface area contributed by atoms with E-state index in [-0.39, 0.29) is 18.2 Å². The average molecular weight is 397 g/mol. The first-order valence-electron chi connectivity index (χ1n) is 8.86. The molecule has 1 aliphatic heterocycles. The van der Waals surface area contributed by atoms with Gasteiger partial charge in [0.1, 0.15) is 5.75 Å². The van der Waals surface area contributed by atoms with Crippen LogP contribution in [0.2, 0.25) is 0 Å². The zero-order valence-electron chi connectivity index (χ0n) is 15.1. The number of hydrazone groups is 1. The predicted molar refractivity (Wildman–Crippen MR) is 95.0 cm³/mol. The van der Waals surface area contributed by atoms with E-state index in [0.29, 0.717) is 24.2 Å². The summed E-state index contributed by atoms with van der Waals surface area (Å²) in [6.07, 6.45) is -0.664. The summed E-state index contributed by atoms with van der Waals surface area (Å²) in [5.74, 6) is -2.26. The quantitative estimate of drug-likeness (QED) is 0.643. The molecule has 4 atom stereocenters. The second-order valence-electron chi connectivity index (χ2n) is 6.85. The van der Waals surface area contributed by atoms with Gasteiger partial charge in [-0.25, -0.2) is 0 Å². The first-order chi connectivity index (χ1) is 13.3. The normalized spacial score (nSPS) is 27.7. The topological polar surface area (TPSA) is 111 Å². The van der Waals surface area contributed by atoms with Crippen molar-refractivity contribution in [2.45, 2.75) is 51.0 Å². The van der Waals surface area contributed by atoms with Crippen LogP contribution in [0.3, 0.4) is 0 Å². The Morgan fingerprint density at radius 2 is 1.93 bits per heavy atom. The number of aliphatic hydroxyl groups is 2. The third-order valence-electron chi connectivity index (χ3n) is 4.83. The molecule has 1 aromatic rings. The Bertz CT molecular complexity index is 771. The first-order valence-corrected chi connectivity index (χ1v) is 8.86. The molecule has 2 amide bonds. The van der Waals surface area contributed by atoms with Crippen molar-refractivity contribution < 1.29 is 33.3 Å². The van der Waals surface area contributed by atoms with Crippen molar-refractivity contribution in [3.05, 3.63) is 24.3 Å². The van der Waals surface area contributed by atoms with Gasteiger partial charge in [-0.2, -0.15) is 18.9 Å². The van der Waals surface area contributed by atoms with Crippen LogP contribution in [-0.4, -0.2) is 52.6 Å². The number of ether oxygens (including phenoxy) is 1. The number of carbonyl (C=O) groups excluding carboxylic acids is 2. The van der Waals surface area contributed by atoms with E-state index in [9.17, 15) is 28.6 Å². The second-order valence-corrected chi connectivity index (χ2v) is 6.85. The number of hydrogen-bond donors (Lipinski definition) is 3. The lowest BCUT2D eigenvalue weighted by atomic mass is 9.90. The molecule has 3 rings (SSSR count). The summed E-state index contributed by atoms with van der Waals surface area (Å²) in [5, 5.41) is 27.2. The van der Waals surface area contributed by atoms with Crippen LogP contribution in [0.25, 0.3) is 0 Å². The summed E-state index contributed by atoms with van der Waals surface area (Å²) in [6.45, 7) is -1.40. The van der Waals surface area contributed by atoms with E-state index in [1.807, 2.05) is 0 Å². The third-order valence-corrected chi connectivity index (χ3v) is 4.83. The summed E-state index contributed by atoms with van der Waals surface area (Å²) in [7, 11) is 0. The van der Waals surface area contributed by atoms with Gasteiger partial charge in [0.2, 0.25) is 5.91 Å². The van der Waals surface area contributed by atoms with Gasteiger partial charge in [-0.15, -0.1) is 0 Å². The largest absolute Gasteiger partial charge is 0.435 e. The van der Waals surface area contributed by atoms with Crippen LogP contribution in [-0.2, 0) is 9.59 Å². The van der Waals surface area contributed by atoms with Crippen molar-refractivity contribution in [3.63, 3.8) is 0 Å². The first kappa shape index (κ1) is 20.2. The molecule has 1 fully saturated rings. The maximum atomic E-state index is 12.7. The molecule has 28 heavy (non-hydrogen) atoms. The molecule has 2 aliphatic rings. The Morgan fingerprint density at radius 1 is 1.25 bits per heavy atom. The molecule has 1 aliphatic carbocycles. The SMILES string of the molecule is CC1=NN(c2ccc(OC(F)F)cc2)C(=O)C1C(=O)NC1CC[C@@H](O)[C@@H](O)C1. The fourth-order valence-corrected chi connectivity index (χ4v) is 3.37. The maximum Gasteiger partial charge on any atom is 0.387 e. The summed E-state index contributed by atoms with van der Waals surface area (Å²) in [6, 6.07) is 5.01. The smallest absolute Gasteiger partial charge is 0.387 e. The summed E-state index contributed by atoms with van der Waals surface area (Å²) < 4.78 is 28.7. The maximum absolute atomic E-state index is 12.7. The van der Waals surface area contributed by atoms with Gasteiger partial charge in [0.05, 0.1) is 23.6 Å². The van der Waals surface area contributed by atoms with Gasteiger partial charge in [-0.05, 0) is 50.5 Å². The number of nitrogens with one attached hydrogen (secondary N) is 1. The van der Waals surface area contributed by atoms with Crippen LogP contribution >= 0.6 is 0 Å². The molecule has 1 saturated carbocycles. The average Bonchev–Trinajstić information content (AvgIpc) is 2.93. The molecule has 10 heteroatoms. The monoisotopic (exact) mass is 397 g/mol. The van der Waals surface area contributed by atoms with Gasteiger partial charge < -0.3 is 20.3 Å². The number of alkyl halides is 2. The Labute approximate surface area is 159 Å². The van der Waals surface area contributed by atoms with Gasteiger partial charge in [0, 0.05) is 6.04 Å². The highest BCUT2D eigenvalue weighted by Gasteiger charge is 2.41. The van der Waals surface area contributed by atoms with Crippen LogP contribution in [0.1, 0.15) is 26.2 Å². The van der Waals surface area contributed by atoms with E-state index in [2.05, 4.69) is 15.2 Å². The fourth-order valence-electron chi connectivity index (χ4n) is 3.37. The minimum Gasteiger partial charge on any atom is -0.435 e. The minimum atomic E-state index is -2.95. The lowest BCUT2D eigenvalue weighted by Gasteiger charge is -2.31. The van der Waals surface area contributed by atoms with Crippen molar-refractivity contribution in [2.75, 3.05) is 5.01 Å². The van der Waals surface area contributed by atoms with Crippen molar-refractivity contribution in [1.82, 2.24) is 5.32 Å². The number of rotatable bonds is 5. The van der Waals surface area contributed by atoms with Crippen LogP contribution in [0.4, 0.5) is 14.5 Å². The number of amides is 2. The molecule has 1 aromatic carbocycles. The van der Waals surface area contributed by atoms with Crippen molar-refractivity contribution in [2.24, 2.45) is 11.0 Å². The van der Waals surface area contributed by atoms with Crippen molar-refractivity contribution >= 4 is 23.2 Å². The number of halogens is 2. The zero-order chi connectivity index (χ0) is 20.4. The Hall–Kier alpha value is -2.59. The standard InChI is InChI=1S/C18H21F2N3O5/c1-9-15(16(26)21-10-2-7-13(24)14(25)8-10)17(27)23(22-9)11-3-5-12(6-4-11)28-18(19)20/h3-6,10,13-15,18,24-25H,2,7-8H2,1H3,(H,21,26)/t10?,13-,14+,15?/m1/s1. The molecule has 152 valence electrons. The van der Waals surface area contributed by atoms with Gasteiger partial charge in [-0.1, -0.05) is 0 Å². The molecule has 0 saturated heterocycles. The van der Waals surface area contributed by atoms with E-state index in [1.165, 1.54) is 24.3 Å². The molecule has 0 aromatic heterocycles. The van der Waals surface area contributed by atoms with Gasteiger partial charge in [-0.3, -0.25) is 9.59 Å². The third kappa shape index (κ3) is 4.28. The van der Waals surface area contributed by atoms with E-state index in [1.54, 1.807) is 6.92 Å². The molecular weight excluding hydrogens is 376 g/mol. The lowest BCUT2D eigenvalue weighted by molar-refractivity contribution is -0.131. The van der Waals surface area contributed by atoms with Crippen LogP contribution in [0.15, 0.2) is 29.4 Å². The Morgan fingerprint density at radius 3 is 2.54 bits per heavy atom. The van der Waals surface area contributed by atoms with Gasteiger partial charge in [0.15, 0.2) is 5.92 Å². The number of aliphatic hydroxyl groups excluding tert-OH is 2. The summed E-state index contributed by atoms with van der Waals surface area (Å²) in [4.78, 5) is 25.3. The van der Waals surface area contributed by atoms with Crippen LogP contribution in [0, 0.1) is 5.92 Å². The van der Waals surface area contributed by atoms with E-state index in [0.717, 1.165) is 5.01 Å². The summed E-state index contributed by atoms with van der Waals surface area (Å²) >= 11 is 0. The Kier molecular flexibility index (Phi) is 5.90. The second kappa shape index (κ2) is 8.19. The minimum absolute atomic E-state index is 0.0570. The number of carbonyl (C=O) groups is 2. The van der Waals surface area contributed by atoms with Crippen molar-refractivity contribution in [1.29, 1.82) is 0 Å². The molecule has 3 N–H and O–H groups in total. The predicted octanol–water partition coefficient (Wildman–Crippen LogP) is 1.02. The zero-order valence-corrected chi connectivity index (χ0v) is 15.1. The summed E-state index contributed by atoms with van der Waals surface area (Å²) in [5.41, 5.74) is 0.615. The highest BCUT2D eigenvalue weighted by molar-refractivity contribution is 6.26. The molecule has 1 heterocycles. The van der Waals surface area contributed by atoms with E-state index in [4.69, 9.17) is 0 Å². The molecule has 0 radical (unpaired) electrons. The van der Waals surface area contributed by atoms with Crippen molar-refractivity contribution in [3.8, 4) is 5.75 Å². The highest BCUT2D eigenvalue weighted by Crippen LogP contribution is 2.27. The lowest BCUT2D eigenvalue weighted by Crippen LogP contribution is -2.49. The molecule has 0 bridgehead atoms. The number of hydrogen-bond acceptors (Lipinski definition) is 6. The van der Waals surface area contributed by atoms with E-state index >= 15 is 0 Å². The van der Waals surface area contributed by atoms with Crippen LogP contribution < -0.4 is 15.1 Å². The van der Waals surface area contributed by atoms with Gasteiger partial charge >= 0.3 is 6.61 Å². The van der Waals surface area contributed by atoms with E-state index < -0.39 is 36.6 Å². The molecule has 8 nitrogen and oxygen atoms in total. The molecular formula is C18H21F2N3O5. The molecule has 0 spiro atoms. The van der Waals surface area contributed by atoms with Gasteiger partial charge in [0.25, 0.3) is 5.91 Å². The molecule has 2 unspecified atom stereocenters. The number of benzene rings is 1. The number of anilines is 1. The van der Waals surface area contributed by atoms with Crippen LogP contribution in [0.5, 0.6) is 5.75 Å². The Balaban J connectivity index is 1.66.